The van der Waals surface area contributed by atoms with Gasteiger partial charge in [0.25, 0.3) is 0 Å². The number of rotatable bonds is 13. The average Bonchev–Trinajstić information content (AvgIpc) is 3.01. The van der Waals surface area contributed by atoms with Gasteiger partial charge in [0.2, 0.25) is 0 Å². The Morgan fingerprint density at radius 3 is 1.65 bits per heavy atom. The van der Waals surface area contributed by atoms with Crippen LogP contribution in [-0.2, 0) is 14.3 Å². The second kappa shape index (κ2) is 24.6. The number of esters is 2. The molecular formula is C32H36Cl2N2O8S2. The lowest BCUT2D eigenvalue weighted by Gasteiger charge is -2.22. The van der Waals surface area contributed by atoms with Crippen molar-refractivity contribution in [2.75, 3.05) is 28.4 Å². The largest absolute Gasteiger partial charge is 0.444 e. The van der Waals surface area contributed by atoms with Crippen LogP contribution in [0.2, 0.25) is 0 Å². The van der Waals surface area contributed by atoms with Crippen LogP contribution in [0, 0.1) is 24.7 Å². The number of carbonyl (C=O) groups excluding carboxylic acids is 5. The highest BCUT2D eigenvalue weighted by Gasteiger charge is 2.26. The zero-order valence-corrected chi connectivity index (χ0v) is 28.7. The number of alkyl halides is 2. The molecule has 2 aromatic rings. The number of aldehydes is 2. The highest BCUT2D eigenvalue weighted by molar-refractivity contribution is 7.99. The van der Waals surface area contributed by atoms with E-state index in [4.69, 9.17) is 56.0 Å². The first-order valence-electron chi connectivity index (χ1n) is 13.3. The maximum Gasteiger partial charge on any atom is 0.408 e. The van der Waals surface area contributed by atoms with E-state index < -0.39 is 35.7 Å². The van der Waals surface area contributed by atoms with Gasteiger partial charge in [-0.15, -0.1) is 59.6 Å². The number of nitrogens with one attached hydrogen (secondary N) is 1. The van der Waals surface area contributed by atoms with Crippen molar-refractivity contribution in [3.8, 4) is 36.2 Å². The molecule has 2 rings (SSSR count). The maximum absolute atomic E-state index is 12.3. The SMILES string of the molecule is C#CCSCC(N)C(=O)Oc1ccc(C=O)cc1.C#CCSCC(NC(=O)OC(C)(C)C)C(=O)Oc1ccc(C=O)cc1.ClCCl. The lowest BCUT2D eigenvalue weighted by molar-refractivity contribution is -0.136. The number of ether oxygens (including phenoxy) is 3. The second-order valence-corrected chi connectivity index (χ2v) is 12.4. The molecule has 0 aromatic heterocycles. The Kier molecular flexibility index (Phi) is 22.6. The fraction of sp³-hybridized carbons (Fsp3) is 0.344. The van der Waals surface area contributed by atoms with E-state index >= 15 is 0 Å². The maximum atomic E-state index is 12.3. The third-order valence-corrected chi connectivity index (χ3v) is 6.61. The van der Waals surface area contributed by atoms with Gasteiger partial charge in [-0.3, -0.25) is 9.59 Å². The summed E-state index contributed by atoms with van der Waals surface area (Å²) in [5, 5.41) is 2.69. The van der Waals surface area contributed by atoms with E-state index in [0.29, 0.717) is 46.7 Å². The standard InChI is InChI=1S/C18H21NO5S.C13H13NO3S.CH2Cl2/c1-5-10-25-12-15(19-17(22)24-18(2,3)4)16(21)23-14-8-6-13(11-20)7-9-14;1-2-7-18-9-12(14)13(16)17-11-5-3-10(8-15)4-6-11;2-1-3/h1,6-9,11,15H,10,12H2,2-4H3,(H,19,22);1,3-6,8,12H,7,9,14H2;1H2. The van der Waals surface area contributed by atoms with Crippen LogP contribution in [-0.4, -0.2) is 76.6 Å². The van der Waals surface area contributed by atoms with Crippen LogP contribution in [0.15, 0.2) is 48.5 Å². The number of carbonyl (C=O) groups is 5. The molecule has 1 amide bonds. The van der Waals surface area contributed by atoms with Crippen molar-refractivity contribution >= 4 is 77.3 Å². The highest BCUT2D eigenvalue weighted by Crippen LogP contribution is 2.15. The molecule has 46 heavy (non-hydrogen) atoms. The zero-order chi connectivity index (χ0) is 35.0. The number of alkyl carbamates (subject to hydrolysis) is 1. The molecule has 0 saturated carbocycles. The van der Waals surface area contributed by atoms with Gasteiger partial charge in [-0.25, -0.2) is 14.4 Å². The van der Waals surface area contributed by atoms with Gasteiger partial charge < -0.3 is 25.3 Å². The minimum absolute atomic E-state index is 0.194. The predicted octanol–water partition coefficient (Wildman–Crippen LogP) is 5.18. The Hall–Kier alpha value is -3.65. The molecule has 0 aliphatic heterocycles. The van der Waals surface area contributed by atoms with E-state index in [-0.39, 0.29) is 16.8 Å². The summed E-state index contributed by atoms with van der Waals surface area (Å²) >= 11 is 12.2. The van der Waals surface area contributed by atoms with Crippen molar-refractivity contribution in [2.24, 2.45) is 5.73 Å². The van der Waals surface area contributed by atoms with E-state index in [1.165, 1.54) is 47.8 Å². The number of halogens is 2. The van der Waals surface area contributed by atoms with E-state index in [2.05, 4.69) is 17.2 Å². The third-order valence-electron chi connectivity index (χ3n) is 4.70. The van der Waals surface area contributed by atoms with Crippen molar-refractivity contribution in [1.29, 1.82) is 0 Å². The number of terminal acetylenes is 2. The Balaban J connectivity index is 0.000000846. The molecule has 2 atom stereocenters. The summed E-state index contributed by atoms with van der Waals surface area (Å²) in [6.07, 6.45) is 11.0. The van der Waals surface area contributed by atoms with Gasteiger partial charge in [0.05, 0.1) is 16.8 Å². The van der Waals surface area contributed by atoms with Crippen molar-refractivity contribution in [3.05, 3.63) is 59.7 Å². The fourth-order valence-corrected chi connectivity index (χ4v) is 4.09. The number of amides is 1. The smallest absolute Gasteiger partial charge is 0.408 e. The normalized spacial score (nSPS) is 11.2. The zero-order valence-electron chi connectivity index (χ0n) is 25.5. The number of nitrogens with two attached hydrogens (primary N) is 1. The molecule has 0 spiro atoms. The van der Waals surface area contributed by atoms with Gasteiger partial charge in [0.15, 0.2) is 0 Å². The summed E-state index contributed by atoms with van der Waals surface area (Å²) in [6.45, 7) is 5.17. The van der Waals surface area contributed by atoms with E-state index in [1.807, 2.05) is 0 Å². The summed E-state index contributed by atoms with van der Waals surface area (Å²) < 4.78 is 15.5. The Morgan fingerprint density at radius 2 is 1.26 bits per heavy atom. The molecule has 0 aliphatic rings. The predicted molar refractivity (Wildman–Crippen MR) is 185 cm³/mol. The fourth-order valence-electron chi connectivity index (χ4n) is 2.78. The van der Waals surface area contributed by atoms with Crippen molar-refractivity contribution < 1.29 is 38.2 Å². The Morgan fingerprint density at radius 1 is 0.848 bits per heavy atom. The summed E-state index contributed by atoms with van der Waals surface area (Å²) in [5.74, 6) is 5.93. The third kappa shape index (κ3) is 20.4. The lowest BCUT2D eigenvalue weighted by atomic mass is 10.2. The van der Waals surface area contributed by atoms with Crippen LogP contribution < -0.4 is 20.5 Å². The van der Waals surface area contributed by atoms with Crippen LogP contribution in [0.25, 0.3) is 0 Å². The molecule has 3 N–H and O–H groups in total. The van der Waals surface area contributed by atoms with Crippen molar-refractivity contribution in [1.82, 2.24) is 5.32 Å². The molecule has 14 heteroatoms. The van der Waals surface area contributed by atoms with Gasteiger partial charge in [0.1, 0.15) is 41.8 Å². The van der Waals surface area contributed by atoms with Gasteiger partial charge in [-0.05, 0) is 69.3 Å². The molecular weight excluding hydrogens is 675 g/mol. The first-order valence-corrected chi connectivity index (χ1v) is 16.6. The van der Waals surface area contributed by atoms with Crippen molar-refractivity contribution in [2.45, 2.75) is 38.5 Å². The first-order chi connectivity index (χ1) is 21.8. The van der Waals surface area contributed by atoms with Crippen LogP contribution in [0.5, 0.6) is 11.5 Å². The minimum atomic E-state index is -0.918. The molecule has 10 nitrogen and oxygen atoms in total. The molecule has 0 saturated heterocycles. The molecule has 0 fully saturated rings. The number of thioether (sulfide) groups is 2. The van der Waals surface area contributed by atoms with Crippen molar-refractivity contribution in [3.63, 3.8) is 0 Å². The second-order valence-electron chi connectivity index (χ2n) is 9.56. The van der Waals surface area contributed by atoms with E-state index in [9.17, 15) is 24.0 Å². The summed E-state index contributed by atoms with van der Waals surface area (Å²) in [6, 6.07) is 10.6. The molecule has 248 valence electrons. The van der Waals surface area contributed by atoms with Gasteiger partial charge in [-0.2, -0.15) is 0 Å². The summed E-state index contributed by atoms with van der Waals surface area (Å²) in [7, 11) is 0. The van der Waals surface area contributed by atoms with Crippen LogP contribution in [0.1, 0.15) is 41.5 Å². The topological polar surface area (TPSA) is 151 Å². The van der Waals surface area contributed by atoms with Gasteiger partial charge >= 0.3 is 18.0 Å². The Labute approximate surface area is 288 Å². The number of hydrogen-bond acceptors (Lipinski definition) is 11. The van der Waals surface area contributed by atoms with E-state index in [0.717, 1.165) is 0 Å². The monoisotopic (exact) mass is 710 g/mol. The van der Waals surface area contributed by atoms with Crippen LogP contribution in [0.3, 0.4) is 0 Å². The Bertz CT molecular complexity index is 1320. The lowest BCUT2D eigenvalue weighted by Crippen LogP contribution is -2.46. The summed E-state index contributed by atoms with van der Waals surface area (Å²) in [4.78, 5) is 56.9. The number of hydrogen-bond donors (Lipinski definition) is 2. The first kappa shape index (κ1) is 42.3. The highest BCUT2D eigenvalue weighted by atomic mass is 35.5. The molecule has 2 unspecified atom stereocenters. The average molecular weight is 712 g/mol. The van der Waals surface area contributed by atoms with Crippen LogP contribution >= 0.6 is 46.7 Å². The molecule has 2 aromatic carbocycles. The van der Waals surface area contributed by atoms with Gasteiger partial charge in [-0.1, -0.05) is 11.8 Å². The molecule has 0 radical (unpaired) electrons. The molecule has 0 aliphatic carbocycles. The minimum Gasteiger partial charge on any atom is -0.444 e. The number of benzene rings is 2. The quantitative estimate of drug-likeness (QED) is 0.0706. The summed E-state index contributed by atoms with van der Waals surface area (Å²) in [5.41, 5.74) is 5.94. The molecule has 0 bridgehead atoms. The van der Waals surface area contributed by atoms with Crippen LogP contribution in [0.4, 0.5) is 4.79 Å². The molecule has 0 heterocycles. The van der Waals surface area contributed by atoms with Gasteiger partial charge in [0, 0.05) is 22.6 Å². The van der Waals surface area contributed by atoms with E-state index in [1.54, 1.807) is 45.0 Å².